The number of rotatable bonds is 4. The van der Waals surface area contributed by atoms with Crippen molar-refractivity contribution in [2.24, 2.45) is 0 Å². The Kier molecular flexibility index (Phi) is 3.34. The van der Waals surface area contributed by atoms with Crippen molar-refractivity contribution >= 4 is 0 Å². The highest BCUT2D eigenvalue weighted by atomic mass is 16.5. The van der Waals surface area contributed by atoms with Gasteiger partial charge in [0, 0.05) is 12.0 Å². The summed E-state index contributed by atoms with van der Waals surface area (Å²) >= 11 is 0. The van der Waals surface area contributed by atoms with Crippen LogP contribution in [0.1, 0.15) is 31.2 Å². The molecule has 3 nitrogen and oxygen atoms in total. The number of nitrogens with zero attached hydrogens (tertiary/aromatic N) is 2. The van der Waals surface area contributed by atoms with Gasteiger partial charge in [-0.05, 0) is 13.3 Å². The normalized spacial score (nSPS) is 10.6. The van der Waals surface area contributed by atoms with Gasteiger partial charge in [0.15, 0.2) is 0 Å². The molecule has 1 aromatic heterocycles. The monoisotopic (exact) mass is 216 g/mol. The molecule has 3 heteroatoms. The van der Waals surface area contributed by atoms with Gasteiger partial charge in [-0.3, -0.25) is 0 Å². The van der Waals surface area contributed by atoms with Crippen molar-refractivity contribution in [3.63, 3.8) is 0 Å². The molecule has 0 saturated carbocycles. The summed E-state index contributed by atoms with van der Waals surface area (Å²) in [6, 6.07) is 8.14. The van der Waals surface area contributed by atoms with E-state index in [9.17, 15) is 0 Å². The molecule has 0 N–H and O–H groups in total. The van der Waals surface area contributed by atoms with Gasteiger partial charge in [0.05, 0.1) is 0 Å². The van der Waals surface area contributed by atoms with Crippen LogP contribution >= 0.6 is 0 Å². The Bertz CT molecular complexity index is 445. The largest absolute Gasteiger partial charge is 0.339 e. The molecule has 2 aromatic rings. The molecule has 0 spiro atoms. The third-order valence-electron chi connectivity index (χ3n) is 2.52. The number of hydrogen-bond acceptors (Lipinski definition) is 3. The summed E-state index contributed by atoms with van der Waals surface area (Å²) in [7, 11) is 0. The Labute approximate surface area is 95.5 Å². The minimum Gasteiger partial charge on any atom is -0.339 e. The Morgan fingerprint density at radius 2 is 1.94 bits per heavy atom. The minimum atomic E-state index is 0.686. The van der Waals surface area contributed by atoms with Gasteiger partial charge in [-0.25, -0.2) is 0 Å². The first-order valence-corrected chi connectivity index (χ1v) is 5.69. The van der Waals surface area contributed by atoms with Crippen molar-refractivity contribution < 1.29 is 4.52 Å². The van der Waals surface area contributed by atoms with Crippen LogP contribution in [0.4, 0.5) is 0 Å². The van der Waals surface area contributed by atoms with Crippen molar-refractivity contribution in [2.75, 3.05) is 0 Å². The van der Waals surface area contributed by atoms with Gasteiger partial charge in [-0.2, -0.15) is 4.98 Å². The number of benzene rings is 1. The number of aryl methyl sites for hydroxylation is 2. The second kappa shape index (κ2) is 4.92. The average Bonchev–Trinajstić information content (AvgIpc) is 2.76. The molecule has 0 atom stereocenters. The second-order valence-electron chi connectivity index (χ2n) is 3.98. The third kappa shape index (κ3) is 2.48. The van der Waals surface area contributed by atoms with E-state index < -0.39 is 0 Å². The van der Waals surface area contributed by atoms with E-state index in [1.807, 2.05) is 12.1 Å². The number of hydrogen-bond donors (Lipinski definition) is 0. The van der Waals surface area contributed by atoms with Crippen LogP contribution in [0.5, 0.6) is 0 Å². The quantitative estimate of drug-likeness (QED) is 0.786. The Balaban J connectivity index is 2.15. The molecule has 2 rings (SSSR count). The summed E-state index contributed by atoms with van der Waals surface area (Å²) in [6.45, 7) is 4.21. The fourth-order valence-corrected chi connectivity index (χ4v) is 1.50. The van der Waals surface area contributed by atoms with Gasteiger partial charge in [-0.15, -0.1) is 0 Å². The van der Waals surface area contributed by atoms with Crippen LogP contribution in [-0.4, -0.2) is 10.1 Å². The summed E-state index contributed by atoms with van der Waals surface area (Å²) in [5, 5.41) is 3.98. The average molecular weight is 216 g/mol. The molecule has 1 heterocycles. The van der Waals surface area contributed by atoms with Crippen LogP contribution in [0.3, 0.4) is 0 Å². The van der Waals surface area contributed by atoms with Crippen LogP contribution < -0.4 is 0 Å². The Hall–Kier alpha value is -1.64. The maximum Gasteiger partial charge on any atom is 0.226 e. The van der Waals surface area contributed by atoms with Gasteiger partial charge < -0.3 is 4.52 Å². The van der Waals surface area contributed by atoms with Crippen molar-refractivity contribution in [3.8, 4) is 11.4 Å². The molecule has 0 amide bonds. The molecule has 0 fully saturated rings. The lowest BCUT2D eigenvalue weighted by molar-refractivity contribution is 0.375. The van der Waals surface area contributed by atoms with Crippen LogP contribution in [-0.2, 0) is 6.42 Å². The molecule has 0 unspecified atom stereocenters. The van der Waals surface area contributed by atoms with Crippen LogP contribution in [0, 0.1) is 6.92 Å². The summed E-state index contributed by atoms with van der Waals surface area (Å²) < 4.78 is 5.19. The van der Waals surface area contributed by atoms with E-state index in [1.165, 1.54) is 5.56 Å². The van der Waals surface area contributed by atoms with E-state index in [0.29, 0.717) is 5.82 Å². The topological polar surface area (TPSA) is 38.9 Å². The molecule has 0 aliphatic rings. The molecule has 84 valence electrons. The van der Waals surface area contributed by atoms with E-state index in [-0.39, 0.29) is 0 Å². The first-order chi connectivity index (χ1) is 7.79. The van der Waals surface area contributed by atoms with Crippen LogP contribution in [0.25, 0.3) is 11.4 Å². The molecule has 1 aromatic carbocycles. The van der Waals surface area contributed by atoms with Gasteiger partial charge in [0.1, 0.15) is 0 Å². The van der Waals surface area contributed by atoms with E-state index in [4.69, 9.17) is 4.52 Å². The Morgan fingerprint density at radius 1 is 1.19 bits per heavy atom. The fourth-order valence-electron chi connectivity index (χ4n) is 1.50. The zero-order valence-electron chi connectivity index (χ0n) is 9.73. The van der Waals surface area contributed by atoms with E-state index in [1.54, 1.807) is 0 Å². The predicted octanol–water partition coefficient (Wildman–Crippen LogP) is 3.39. The molecule has 0 bridgehead atoms. The van der Waals surface area contributed by atoms with E-state index >= 15 is 0 Å². The highest BCUT2D eigenvalue weighted by Crippen LogP contribution is 2.16. The van der Waals surface area contributed by atoms with Crippen molar-refractivity contribution in [3.05, 3.63) is 35.7 Å². The first-order valence-electron chi connectivity index (χ1n) is 5.69. The molecular weight excluding hydrogens is 200 g/mol. The lowest BCUT2D eigenvalue weighted by Gasteiger charge is -1.94. The summed E-state index contributed by atoms with van der Waals surface area (Å²) in [6.07, 6.45) is 3.10. The smallest absolute Gasteiger partial charge is 0.226 e. The highest BCUT2D eigenvalue weighted by Gasteiger charge is 2.07. The van der Waals surface area contributed by atoms with Crippen molar-refractivity contribution in [1.29, 1.82) is 0 Å². The SMILES string of the molecule is CCCCc1nc(-c2ccc(C)cc2)no1. The Morgan fingerprint density at radius 3 is 2.62 bits per heavy atom. The standard InChI is InChI=1S/C13H16N2O/c1-3-4-5-12-14-13(15-16-12)11-8-6-10(2)7-9-11/h6-9H,3-5H2,1-2H3. The lowest BCUT2D eigenvalue weighted by atomic mass is 10.1. The van der Waals surface area contributed by atoms with Gasteiger partial charge in [0.2, 0.25) is 11.7 Å². The van der Waals surface area contributed by atoms with Gasteiger partial charge >= 0.3 is 0 Å². The van der Waals surface area contributed by atoms with Crippen molar-refractivity contribution in [1.82, 2.24) is 10.1 Å². The number of unbranched alkanes of at least 4 members (excludes halogenated alkanes) is 1. The van der Waals surface area contributed by atoms with Crippen LogP contribution in [0.15, 0.2) is 28.8 Å². The summed E-state index contributed by atoms with van der Waals surface area (Å²) in [5.74, 6) is 1.42. The lowest BCUT2D eigenvalue weighted by Crippen LogP contribution is -1.85. The molecule has 0 saturated heterocycles. The summed E-state index contributed by atoms with van der Waals surface area (Å²) in [4.78, 5) is 4.37. The molecular formula is C13H16N2O. The molecule has 0 radical (unpaired) electrons. The van der Waals surface area contributed by atoms with Gasteiger partial charge in [0.25, 0.3) is 0 Å². The molecule has 0 aliphatic heterocycles. The summed E-state index contributed by atoms with van der Waals surface area (Å²) in [5.41, 5.74) is 2.25. The van der Waals surface area contributed by atoms with E-state index in [2.05, 4.69) is 36.1 Å². The third-order valence-corrected chi connectivity index (χ3v) is 2.52. The zero-order valence-corrected chi connectivity index (χ0v) is 9.73. The first kappa shape index (κ1) is 10.9. The fraction of sp³-hybridized carbons (Fsp3) is 0.385. The van der Waals surface area contributed by atoms with Gasteiger partial charge in [-0.1, -0.05) is 48.3 Å². The second-order valence-corrected chi connectivity index (χ2v) is 3.98. The maximum absolute atomic E-state index is 5.19. The highest BCUT2D eigenvalue weighted by molar-refractivity contribution is 5.54. The maximum atomic E-state index is 5.19. The number of aromatic nitrogens is 2. The molecule has 16 heavy (non-hydrogen) atoms. The van der Waals surface area contributed by atoms with Crippen LogP contribution in [0.2, 0.25) is 0 Å². The zero-order chi connectivity index (χ0) is 11.4. The minimum absolute atomic E-state index is 0.686. The molecule has 0 aliphatic carbocycles. The van der Waals surface area contributed by atoms with Crippen molar-refractivity contribution in [2.45, 2.75) is 33.1 Å². The van der Waals surface area contributed by atoms with E-state index in [0.717, 1.165) is 30.7 Å². The predicted molar refractivity (Wildman–Crippen MR) is 63.1 cm³/mol.